The molecule has 0 radical (unpaired) electrons. The molecule has 0 saturated carbocycles. The predicted octanol–water partition coefficient (Wildman–Crippen LogP) is 2.34. The summed E-state index contributed by atoms with van der Waals surface area (Å²) in [5.74, 6) is 0.956. The van der Waals surface area contributed by atoms with E-state index < -0.39 is 0 Å². The van der Waals surface area contributed by atoms with Gasteiger partial charge in [-0.2, -0.15) is 0 Å². The second-order valence-electron chi connectivity index (χ2n) is 4.93. The third-order valence-electron chi connectivity index (χ3n) is 2.97. The van der Waals surface area contributed by atoms with Gasteiger partial charge in [0.1, 0.15) is 5.82 Å². The van der Waals surface area contributed by atoms with Crippen LogP contribution in [0.25, 0.3) is 0 Å². The topological polar surface area (TPSA) is 73.0 Å². The Morgan fingerprint density at radius 1 is 1.35 bits per heavy atom. The third kappa shape index (κ3) is 3.64. The molecule has 1 heterocycles. The van der Waals surface area contributed by atoms with Gasteiger partial charge in [-0.05, 0) is 5.56 Å². The molecule has 0 saturated heterocycles. The number of nitrogens with zero attached hydrogens (tertiary/aromatic N) is 3. The maximum Gasteiger partial charge on any atom is 0.269 e. The van der Waals surface area contributed by atoms with Crippen LogP contribution in [0, 0.1) is 10.1 Å². The Labute approximate surface area is 117 Å². The van der Waals surface area contributed by atoms with Crippen LogP contribution >= 0.6 is 0 Å². The normalized spacial score (nSPS) is 10.9. The number of non-ortho nitro benzene ring substituents is 1. The van der Waals surface area contributed by atoms with Gasteiger partial charge >= 0.3 is 0 Å². The summed E-state index contributed by atoms with van der Waals surface area (Å²) in [6.45, 7) is 5.54. The van der Waals surface area contributed by atoms with Crippen LogP contribution in [0.15, 0.2) is 36.7 Å². The second kappa shape index (κ2) is 6.29. The second-order valence-corrected chi connectivity index (χ2v) is 4.93. The first-order valence-electron chi connectivity index (χ1n) is 6.53. The maximum atomic E-state index is 10.6. The number of aromatic nitrogens is 2. The maximum absolute atomic E-state index is 10.6. The van der Waals surface area contributed by atoms with Crippen LogP contribution in [0.3, 0.4) is 0 Å². The van der Waals surface area contributed by atoms with Gasteiger partial charge in [0, 0.05) is 37.1 Å². The molecule has 0 aliphatic carbocycles. The van der Waals surface area contributed by atoms with E-state index in [4.69, 9.17) is 0 Å². The van der Waals surface area contributed by atoms with E-state index >= 15 is 0 Å². The van der Waals surface area contributed by atoms with Gasteiger partial charge < -0.3 is 9.88 Å². The lowest BCUT2D eigenvalue weighted by atomic mass is 10.2. The fourth-order valence-electron chi connectivity index (χ4n) is 1.87. The molecule has 6 heteroatoms. The van der Waals surface area contributed by atoms with Gasteiger partial charge in [0.05, 0.1) is 11.5 Å². The molecule has 1 aromatic heterocycles. The third-order valence-corrected chi connectivity index (χ3v) is 2.97. The molecule has 2 aromatic rings. The molecule has 2 rings (SSSR count). The average Bonchev–Trinajstić information content (AvgIpc) is 2.84. The van der Waals surface area contributed by atoms with Crippen molar-refractivity contribution in [3.05, 3.63) is 58.2 Å². The molecule has 0 amide bonds. The van der Waals surface area contributed by atoms with E-state index in [1.54, 1.807) is 18.3 Å². The Morgan fingerprint density at radius 3 is 2.65 bits per heavy atom. The number of nitro groups is 1. The number of rotatable bonds is 6. The molecule has 0 aliphatic rings. The minimum atomic E-state index is -0.390. The Kier molecular flexibility index (Phi) is 4.47. The minimum absolute atomic E-state index is 0.112. The lowest BCUT2D eigenvalue weighted by Gasteiger charge is -2.10. The molecule has 106 valence electrons. The van der Waals surface area contributed by atoms with E-state index in [0.29, 0.717) is 19.1 Å². The highest BCUT2D eigenvalue weighted by molar-refractivity contribution is 5.33. The van der Waals surface area contributed by atoms with Crippen molar-refractivity contribution < 1.29 is 4.92 Å². The lowest BCUT2D eigenvalue weighted by molar-refractivity contribution is -0.384. The van der Waals surface area contributed by atoms with Crippen molar-refractivity contribution >= 4 is 5.69 Å². The molecule has 0 aliphatic heterocycles. The minimum Gasteiger partial charge on any atom is -0.329 e. The number of nitro benzene ring substituents is 1. The molecule has 6 nitrogen and oxygen atoms in total. The van der Waals surface area contributed by atoms with Crippen LogP contribution in [-0.4, -0.2) is 20.5 Å². The van der Waals surface area contributed by atoms with Gasteiger partial charge in [-0.25, -0.2) is 4.98 Å². The predicted molar refractivity (Wildman–Crippen MR) is 76.4 cm³/mol. The summed E-state index contributed by atoms with van der Waals surface area (Å²) in [7, 11) is 0. The highest BCUT2D eigenvalue weighted by Gasteiger charge is 2.07. The van der Waals surface area contributed by atoms with Gasteiger partial charge in [-0.3, -0.25) is 10.1 Å². The fourth-order valence-corrected chi connectivity index (χ4v) is 1.87. The van der Waals surface area contributed by atoms with Crippen LogP contribution < -0.4 is 5.32 Å². The first-order valence-corrected chi connectivity index (χ1v) is 6.53. The van der Waals surface area contributed by atoms with Crippen molar-refractivity contribution in [2.45, 2.75) is 33.0 Å². The molecular formula is C14H18N4O2. The number of hydrogen-bond donors (Lipinski definition) is 1. The Balaban J connectivity index is 2.06. The molecule has 0 unspecified atom stereocenters. The van der Waals surface area contributed by atoms with E-state index in [0.717, 1.165) is 11.4 Å². The first kappa shape index (κ1) is 14.2. The number of hydrogen-bond acceptors (Lipinski definition) is 4. The molecule has 1 N–H and O–H groups in total. The van der Waals surface area contributed by atoms with E-state index in [9.17, 15) is 10.1 Å². The summed E-state index contributed by atoms with van der Waals surface area (Å²) < 4.78 is 2.04. The summed E-state index contributed by atoms with van der Waals surface area (Å²) in [5, 5.41) is 13.9. The van der Waals surface area contributed by atoms with Crippen molar-refractivity contribution in [3.8, 4) is 0 Å². The van der Waals surface area contributed by atoms with Crippen LogP contribution in [-0.2, 0) is 13.1 Å². The van der Waals surface area contributed by atoms with Gasteiger partial charge in [0.2, 0.25) is 0 Å². The monoisotopic (exact) mass is 274 g/mol. The highest BCUT2D eigenvalue weighted by Crippen LogP contribution is 2.13. The quantitative estimate of drug-likeness (QED) is 0.648. The van der Waals surface area contributed by atoms with E-state index in [1.807, 2.05) is 10.8 Å². The Morgan fingerprint density at radius 2 is 2.05 bits per heavy atom. The molecule has 0 spiro atoms. The van der Waals surface area contributed by atoms with Crippen LogP contribution in [0.4, 0.5) is 5.69 Å². The number of nitrogens with one attached hydrogen (secondary N) is 1. The van der Waals surface area contributed by atoms with E-state index in [2.05, 4.69) is 24.1 Å². The van der Waals surface area contributed by atoms with Crippen LogP contribution in [0.2, 0.25) is 0 Å². The largest absolute Gasteiger partial charge is 0.329 e. The number of imidazole rings is 1. The first-order chi connectivity index (χ1) is 9.56. The molecule has 0 bridgehead atoms. The summed E-state index contributed by atoms with van der Waals surface area (Å²) in [5.41, 5.74) is 1.13. The van der Waals surface area contributed by atoms with Crippen molar-refractivity contribution in [1.82, 2.24) is 14.9 Å². The van der Waals surface area contributed by atoms with Gasteiger partial charge in [0.25, 0.3) is 5.69 Å². The summed E-state index contributed by atoms with van der Waals surface area (Å²) >= 11 is 0. The zero-order valence-electron chi connectivity index (χ0n) is 11.6. The summed E-state index contributed by atoms with van der Waals surface area (Å²) in [4.78, 5) is 14.5. The van der Waals surface area contributed by atoms with Crippen molar-refractivity contribution in [2.24, 2.45) is 0 Å². The summed E-state index contributed by atoms with van der Waals surface area (Å²) in [6, 6.07) is 7.01. The molecule has 0 atom stereocenters. The highest BCUT2D eigenvalue weighted by atomic mass is 16.6. The average molecular weight is 274 g/mol. The smallest absolute Gasteiger partial charge is 0.269 e. The van der Waals surface area contributed by atoms with Crippen molar-refractivity contribution in [3.63, 3.8) is 0 Å². The zero-order valence-corrected chi connectivity index (χ0v) is 11.6. The van der Waals surface area contributed by atoms with Gasteiger partial charge in [0.15, 0.2) is 0 Å². The Bertz CT molecular complexity index is 575. The Hall–Kier alpha value is -2.21. The van der Waals surface area contributed by atoms with Crippen molar-refractivity contribution in [1.29, 1.82) is 0 Å². The molecule has 0 fully saturated rings. The van der Waals surface area contributed by atoms with Crippen molar-refractivity contribution in [2.75, 3.05) is 0 Å². The van der Waals surface area contributed by atoms with E-state index in [1.165, 1.54) is 12.1 Å². The standard InChI is InChI=1S/C14H18N4O2/c1-11(2)16-9-14-15-7-8-17(14)10-12-3-5-13(6-4-12)18(19)20/h3-8,11,16H,9-10H2,1-2H3. The van der Waals surface area contributed by atoms with Crippen LogP contribution in [0.5, 0.6) is 0 Å². The summed E-state index contributed by atoms with van der Waals surface area (Å²) in [6.07, 6.45) is 3.68. The van der Waals surface area contributed by atoms with Gasteiger partial charge in [-0.1, -0.05) is 26.0 Å². The lowest BCUT2D eigenvalue weighted by Crippen LogP contribution is -2.24. The molecule has 1 aromatic carbocycles. The SMILES string of the molecule is CC(C)NCc1nccn1Cc1ccc([N+](=O)[O-])cc1. The van der Waals surface area contributed by atoms with E-state index in [-0.39, 0.29) is 10.6 Å². The van der Waals surface area contributed by atoms with Gasteiger partial charge in [-0.15, -0.1) is 0 Å². The molecule has 20 heavy (non-hydrogen) atoms. The zero-order chi connectivity index (χ0) is 14.5. The number of benzene rings is 1. The molecular weight excluding hydrogens is 256 g/mol. The fraction of sp³-hybridized carbons (Fsp3) is 0.357. The van der Waals surface area contributed by atoms with Crippen LogP contribution in [0.1, 0.15) is 25.2 Å².